The number of hydrogen-bond acceptors (Lipinski definition) is 3. The maximum absolute atomic E-state index is 13.3. The SMILES string of the molecule is CN=C(NCC(C(=O)N1CCOCC1)c1ccccc1)N1CCc2ccccc21.I. The Balaban J connectivity index is 0.00000256. The maximum Gasteiger partial charge on any atom is 0.232 e. The van der Waals surface area contributed by atoms with Crippen molar-refractivity contribution in [2.45, 2.75) is 12.3 Å². The van der Waals surface area contributed by atoms with Gasteiger partial charge in [0.1, 0.15) is 0 Å². The molecule has 1 N–H and O–H groups in total. The van der Waals surface area contributed by atoms with E-state index in [2.05, 4.69) is 39.5 Å². The molecule has 2 aromatic rings. The van der Waals surface area contributed by atoms with Crippen LogP contribution in [0.2, 0.25) is 0 Å². The van der Waals surface area contributed by atoms with Crippen LogP contribution in [0.1, 0.15) is 17.0 Å². The summed E-state index contributed by atoms with van der Waals surface area (Å²) >= 11 is 0. The molecule has 1 unspecified atom stereocenters. The van der Waals surface area contributed by atoms with Crippen molar-refractivity contribution in [2.24, 2.45) is 4.99 Å². The first kappa shape index (κ1) is 22.6. The molecule has 2 heterocycles. The van der Waals surface area contributed by atoms with Gasteiger partial charge in [0.05, 0.1) is 19.1 Å². The lowest BCUT2D eigenvalue weighted by Gasteiger charge is -2.31. The Hall–Kier alpha value is -2.13. The number of aliphatic imine (C=N–C) groups is 1. The first-order valence-electron chi connectivity index (χ1n) is 10.3. The number of carbonyl (C=O) groups is 1. The molecule has 0 saturated carbocycles. The number of amides is 1. The van der Waals surface area contributed by atoms with Crippen molar-refractivity contribution >= 4 is 41.5 Å². The first-order chi connectivity index (χ1) is 14.3. The van der Waals surface area contributed by atoms with E-state index in [1.165, 1.54) is 11.3 Å². The highest BCUT2D eigenvalue weighted by Crippen LogP contribution is 2.27. The van der Waals surface area contributed by atoms with Crippen LogP contribution in [0, 0.1) is 0 Å². The molecule has 4 rings (SSSR count). The summed E-state index contributed by atoms with van der Waals surface area (Å²) in [6.07, 6.45) is 1.01. The minimum absolute atomic E-state index is 0. The minimum Gasteiger partial charge on any atom is -0.378 e. The van der Waals surface area contributed by atoms with Gasteiger partial charge in [-0.25, -0.2) is 0 Å². The zero-order valence-corrected chi connectivity index (χ0v) is 19.6. The Morgan fingerprint density at radius 1 is 1.07 bits per heavy atom. The van der Waals surface area contributed by atoms with E-state index in [0.717, 1.165) is 24.5 Å². The standard InChI is InChI=1S/C23H28N4O2.HI/c1-24-23(27-12-11-19-9-5-6-10-21(19)27)25-17-20(18-7-3-2-4-8-18)22(28)26-13-15-29-16-14-26;/h2-10,20H,11-17H2,1H3,(H,24,25);1H. The summed E-state index contributed by atoms with van der Waals surface area (Å²) in [6, 6.07) is 18.4. The molecule has 160 valence electrons. The number of morpholine rings is 1. The second-order valence-electron chi connectivity index (χ2n) is 7.36. The number of nitrogens with one attached hydrogen (secondary N) is 1. The molecule has 0 aromatic heterocycles. The van der Waals surface area contributed by atoms with Crippen molar-refractivity contribution < 1.29 is 9.53 Å². The number of rotatable bonds is 4. The maximum atomic E-state index is 13.3. The van der Waals surface area contributed by atoms with Gasteiger partial charge in [-0.15, -0.1) is 24.0 Å². The fourth-order valence-corrected chi connectivity index (χ4v) is 4.08. The van der Waals surface area contributed by atoms with E-state index in [1.807, 2.05) is 35.2 Å². The topological polar surface area (TPSA) is 57.2 Å². The van der Waals surface area contributed by atoms with Crippen molar-refractivity contribution in [2.75, 3.05) is 51.3 Å². The van der Waals surface area contributed by atoms with Crippen molar-refractivity contribution in [1.29, 1.82) is 0 Å². The van der Waals surface area contributed by atoms with E-state index in [0.29, 0.717) is 32.8 Å². The predicted molar refractivity (Wildman–Crippen MR) is 131 cm³/mol. The van der Waals surface area contributed by atoms with Crippen molar-refractivity contribution in [3.63, 3.8) is 0 Å². The van der Waals surface area contributed by atoms with Crippen LogP contribution in [0.25, 0.3) is 0 Å². The molecule has 1 atom stereocenters. The number of guanidine groups is 1. The molecule has 1 amide bonds. The van der Waals surface area contributed by atoms with Crippen LogP contribution in [0.5, 0.6) is 0 Å². The van der Waals surface area contributed by atoms with Crippen molar-refractivity contribution in [3.8, 4) is 0 Å². The van der Waals surface area contributed by atoms with Crippen LogP contribution >= 0.6 is 24.0 Å². The number of ether oxygens (including phenoxy) is 1. The summed E-state index contributed by atoms with van der Waals surface area (Å²) in [4.78, 5) is 21.9. The van der Waals surface area contributed by atoms with Gasteiger partial charge in [-0.05, 0) is 23.6 Å². The molecule has 0 bridgehead atoms. The number of halogens is 1. The Morgan fingerprint density at radius 2 is 1.77 bits per heavy atom. The summed E-state index contributed by atoms with van der Waals surface area (Å²) in [5, 5.41) is 3.47. The molecule has 0 radical (unpaired) electrons. The Kier molecular flexibility index (Phi) is 8.09. The average molecular weight is 520 g/mol. The molecule has 2 aliphatic heterocycles. The molecule has 2 aliphatic rings. The van der Waals surface area contributed by atoms with Gasteiger partial charge in [-0.1, -0.05) is 48.5 Å². The van der Waals surface area contributed by atoms with Crippen LogP contribution in [-0.2, 0) is 16.0 Å². The molecule has 1 fully saturated rings. The monoisotopic (exact) mass is 520 g/mol. The quantitative estimate of drug-likeness (QED) is 0.383. The van der Waals surface area contributed by atoms with Crippen LogP contribution in [0.3, 0.4) is 0 Å². The normalized spacial score (nSPS) is 17.2. The van der Waals surface area contributed by atoms with Gasteiger partial charge < -0.3 is 19.9 Å². The highest BCUT2D eigenvalue weighted by atomic mass is 127. The largest absolute Gasteiger partial charge is 0.378 e. The van der Waals surface area contributed by atoms with E-state index in [9.17, 15) is 4.79 Å². The number of fused-ring (bicyclic) bond motifs is 1. The Morgan fingerprint density at radius 3 is 2.50 bits per heavy atom. The van der Waals surface area contributed by atoms with Gasteiger partial charge in [0.25, 0.3) is 0 Å². The molecule has 7 heteroatoms. The summed E-state index contributed by atoms with van der Waals surface area (Å²) in [5.41, 5.74) is 3.55. The Bertz CT molecular complexity index is 869. The molecular weight excluding hydrogens is 491 g/mol. The van der Waals surface area contributed by atoms with Gasteiger partial charge in [-0.2, -0.15) is 0 Å². The average Bonchev–Trinajstić information content (AvgIpc) is 3.22. The van der Waals surface area contributed by atoms with Crippen LogP contribution in [-0.4, -0.2) is 63.2 Å². The molecular formula is C23H29IN4O2. The van der Waals surface area contributed by atoms with Gasteiger partial charge in [0.15, 0.2) is 5.96 Å². The third kappa shape index (κ3) is 4.95. The number of para-hydroxylation sites is 1. The number of anilines is 1. The third-order valence-electron chi connectivity index (χ3n) is 5.64. The minimum atomic E-state index is -0.260. The van der Waals surface area contributed by atoms with E-state index in [-0.39, 0.29) is 35.8 Å². The van der Waals surface area contributed by atoms with Crippen LogP contribution < -0.4 is 10.2 Å². The number of nitrogens with zero attached hydrogens (tertiary/aromatic N) is 3. The number of carbonyl (C=O) groups excluding carboxylic acids is 1. The second kappa shape index (κ2) is 10.8. The highest BCUT2D eigenvalue weighted by Gasteiger charge is 2.29. The molecule has 1 saturated heterocycles. The van der Waals surface area contributed by atoms with Gasteiger partial charge in [-0.3, -0.25) is 9.79 Å². The van der Waals surface area contributed by atoms with Gasteiger partial charge in [0, 0.05) is 38.9 Å². The lowest BCUT2D eigenvalue weighted by atomic mass is 9.97. The fraction of sp³-hybridized carbons (Fsp3) is 0.391. The molecule has 2 aromatic carbocycles. The molecule has 6 nitrogen and oxygen atoms in total. The summed E-state index contributed by atoms with van der Waals surface area (Å²) < 4.78 is 5.42. The zero-order valence-electron chi connectivity index (χ0n) is 17.3. The first-order valence-corrected chi connectivity index (χ1v) is 10.3. The lowest BCUT2D eigenvalue weighted by Crippen LogP contribution is -2.47. The zero-order chi connectivity index (χ0) is 20.1. The number of benzene rings is 2. The fourth-order valence-electron chi connectivity index (χ4n) is 4.08. The smallest absolute Gasteiger partial charge is 0.232 e. The predicted octanol–water partition coefficient (Wildman–Crippen LogP) is 2.89. The summed E-state index contributed by atoms with van der Waals surface area (Å²) in [7, 11) is 1.80. The summed E-state index contributed by atoms with van der Waals surface area (Å²) in [5.74, 6) is 0.693. The second-order valence-corrected chi connectivity index (χ2v) is 7.36. The van der Waals surface area contributed by atoms with Crippen molar-refractivity contribution in [1.82, 2.24) is 10.2 Å². The van der Waals surface area contributed by atoms with Crippen LogP contribution in [0.4, 0.5) is 5.69 Å². The molecule has 0 spiro atoms. The van der Waals surface area contributed by atoms with E-state index in [1.54, 1.807) is 7.05 Å². The van der Waals surface area contributed by atoms with Gasteiger partial charge in [0.2, 0.25) is 5.91 Å². The van der Waals surface area contributed by atoms with E-state index in [4.69, 9.17) is 4.74 Å². The highest BCUT2D eigenvalue weighted by molar-refractivity contribution is 14.0. The van der Waals surface area contributed by atoms with E-state index < -0.39 is 0 Å². The van der Waals surface area contributed by atoms with Crippen LogP contribution in [0.15, 0.2) is 59.6 Å². The summed E-state index contributed by atoms with van der Waals surface area (Å²) in [6.45, 7) is 3.91. The van der Waals surface area contributed by atoms with Gasteiger partial charge >= 0.3 is 0 Å². The number of hydrogen-bond donors (Lipinski definition) is 1. The molecule has 30 heavy (non-hydrogen) atoms. The van der Waals surface area contributed by atoms with E-state index >= 15 is 0 Å². The van der Waals surface area contributed by atoms with Crippen molar-refractivity contribution in [3.05, 3.63) is 65.7 Å². The third-order valence-corrected chi connectivity index (χ3v) is 5.64. The Labute approximate surface area is 195 Å². The lowest BCUT2D eigenvalue weighted by molar-refractivity contribution is -0.136. The molecule has 0 aliphatic carbocycles.